The number of hydrogen-bond acceptors (Lipinski definition) is 5. The topological polar surface area (TPSA) is 65.0 Å². The van der Waals surface area contributed by atoms with Crippen LogP contribution in [0.5, 0.6) is 0 Å². The Labute approximate surface area is 109 Å². The SMILES string of the molecule is OCCN(CCO)CC1(CNC2CC2)CCOC1. The maximum Gasteiger partial charge on any atom is 0.0558 e. The molecule has 3 N–H and O–H groups in total. The van der Waals surface area contributed by atoms with Crippen molar-refractivity contribution in [2.75, 3.05) is 52.6 Å². The number of aliphatic hydroxyl groups excluding tert-OH is 2. The zero-order valence-corrected chi connectivity index (χ0v) is 11.1. The van der Waals surface area contributed by atoms with E-state index in [1.54, 1.807) is 0 Å². The van der Waals surface area contributed by atoms with Crippen LogP contribution in [-0.4, -0.2) is 73.8 Å². The summed E-state index contributed by atoms with van der Waals surface area (Å²) >= 11 is 0. The first-order valence-corrected chi connectivity index (χ1v) is 7.03. The quantitative estimate of drug-likeness (QED) is 0.517. The van der Waals surface area contributed by atoms with E-state index >= 15 is 0 Å². The third kappa shape index (κ3) is 4.17. The minimum absolute atomic E-state index is 0.146. The van der Waals surface area contributed by atoms with Gasteiger partial charge in [-0.15, -0.1) is 0 Å². The molecule has 0 amide bonds. The fourth-order valence-electron chi connectivity index (χ4n) is 2.64. The monoisotopic (exact) mass is 258 g/mol. The molecule has 2 fully saturated rings. The summed E-state index contributed by atoms with van der Waals surface area (Å²) in [5.41, 5.74) is 0.160. The Morgan fingerprint density at radius 2 is 1.94 bits per heavy atom. The zero-order chi connectivity index (χ0) is 12.8. The molecular weight excluding hydrogens is 232 g/mol. The van der Waals surface area contributed by atoms with E-state index in [0.29, 0.717) is 19.1 Å². The summed E-state index contributed by atoms with van der Waals surface area (Å²) < 4.78 is 5.58. The van der Waals surface area contributed by atoms with Crippen molar-refractivity contribution in [1.82, 2.24) is 10.2 Å². The molecule has 0 spiro atoms. The van der Waals surface area contributed by atoms with Gasteiger partial charge in [-0.2, -0.15) is 0 Å². The van der Waals surface area contributed by atoms with Crippen LogP contribution in [0, 0.1) is 5.41 Å². The molecule has 106 valence electrons. The molecule has 0 aromatic rings. The van der Waals surface area contributed by atoms with Gasteiger partial charge in [0.15, 0.2) is 0 Å². The Hall–Kier alpha value is -0.200. The number of hydrogen-bond donors (Lipinski definition) is 3. The van der Waals surface area contributed by atoms with Crippen LogP contribution in [-0.2, 0) is 4.74 Å². The number of nitrogens with one attached hydrogen (secondary N) is 1. The van der Waals surface area contributed by atoms with Gasteiger partial charge in [0.1, 0.15) is 0 Å². The van der Waals surface area contributed by atoms with E-state index in [4.69, 9.17) is 14.9 Å². The van der Waals surface area contributed by atoms with Crippen LogP contribution in [0.4, 0.5) is 0 Å². The van der Waals surface area contributed by atoms with Crippen molar-refractivity contribution in [3.05, 3.63) is 0 Å². The largest absolute Gasteiger partial charge is 0.395 e. The van der Waals surface area contributed by atoms with Crippen LogP contribution in [0.25, 0.3) is 0 Å². The smallest absolute Gasteiger partial charge is 0.0558 e. The maximum absolute atomic E-state index is 9.08. The summed E-state index contributed by atoms with van der Waals surface area (Å²) in [5.74, 6) is 0. The number of nitrogens with zero attached hydrogens (tertiary/aromatic N) is 1. The average molecular weight is 258 g/mol. The summed E-state index contributed by atoms with van der Waals surface area (Å²) in [7, 11) is 0. The van der Waals surface area contributed by atoms with Gasteiger partial charge in [-0.25, -0.2) is 0 Å². The minimum Gasteiger partial charge on any atom is -0.395 e. The molecule has 0 bridgehead atoms. The van der Waals surface area contributed by atoms with E-state index in [2.05, 4.69) is 10.2 Å². The molecule has 0 aromatic heterocycles. The van der Waals surface area contributed by atoms with Crippen molar-refractivity contribution in [2.24, 2.45) is 5.41 Å². The van der Waals surface area contributed by atoms with E-state index in [0.717, 1.165) is 32.7 Å². The van der Waals surface area contributed by atoms with Gasteiger partial charge in [0.05, 0.1) is 19.8 Å². The highest BCUT2D eigenvalue weighted by molar-refractivity contribution is 4.92. The van der Waals surface area contributed by atoms with Crippen molar-refractivity contribution in [2.45, 2.75) is 25.3 Å². The lowest BCUT2D eigenvalue weighted by Crippen LogP contribution is -2.46. The predicted octanol–water partition coefficient (Wildman–Crippen LogP) is -0.568. The van der Waals surface area contributed by atoms with Crippen molar-refractivity contribution in [3.8, 4) is 0 Å². The number of ether oxygens (including phenoxy) is 1. The third-order valence-electron chi connectivity index (χ3n) is 3.92. The van der Waals surface area contributed by atoms with Gasteiger partial charge in [-0.1, -0.05) is 0 Å². The van der Waals surface area contributed by atoms with Crippen LogP contribution < -0.4 is 5.32 Å². The van der Waals surface area contributed by atoms with Gasteiger partial charge in [-0.3, -0.25) is 4.90 Å². The molecule has 1 atom stereocenters. The highest BCUT2D eigenvalue weighted by Gasteiger charge is 2.37. The fourth-order valence-corrected chi connectivity index (χ4v) is 2.64. The summed E-state index contributed by atoms with van der Waals surface area (Å²) in [6.07, 6.45) is 3.67. The standard InChI is InChI=1S/C13H26N2O3/c16-6-4-15(5-7-17)10-13(3-8-18-11-13)9-14-12-1-2-12/h12,14,16-17H,1-11H2. The van der Waals surface area contributed by atoms with Crippen molar-refractivity contribution in [1.29, 1.82) is 0 Å². The third-order valence-corrected chi connectivity index (χ3v) is 3.92. The van der Waals surface area contributed by atoms with Crippen LogP contribution >= 0.6 is 0 Å². The Morgan fingerprint density at radius 1 is 1.22 bits per heavy atom. The summed E-state index contributed by atoms with van der Waals surface area (Å²) in [4.78, 5) is 2.14. The van der Waals surface area contributed by atoms with Gasteiger partial charge in [-0.05, 0) is 19.3 Å². The fraction of sp³-hybridized carbons (Fsp3) is 1.00. The van der Waals surface area contributed by atoms with E-state index < -0.39 is 0 Å². The lowest BCUT2D eigenvalue weighted by atomic mass is 9.86. The van der Waals surface area contributed by atoms with Gasteiger partial charge >= 0.3 is 0 Å². The summed E-state index contributed by atoms with van der Waals surface area (Å²) in [6.45, 7) is 5.06. The first-order chi connectivity index (χ1) is 8.78. The van der Waals surface area contributed by atoms with E-state index in [9.17, 15) is 0 Å². The normalized spacial score (nSPS) is 28.2. The second kappa shape index (κ2) is 6.82. The molecule has 1 saturated heterocycles. The molecule has 1 saturated carbocycles. The van der Waals surface area contributed by atoms with Crippen molar-refractivity contribution in [3.63, 3.8) is 0 Å². The second-order valence-corrected chi connectivity index (χ2v) is 5.68. The van der Waals surface area contributed by atoms with Crippen LogP contribution in [0.1, 0.15) is 19.3 Å². The highest BCUT2D eigenvalue weighted by atomic mass is 16.5. The van der Waals surface area contributed by atoms with Crippen LogP contribution in [0.3, 0.4) is 0 Å². The molecule has 2 rings (SSSR count). The number of rotatable bonds is 9. The van der Waals surface area contributed by atoms with Gasteiger partial charge in [0.25, 0.3) is 0 Å². The molecule has 5 nitrogen and oxygen atoms in total. The molecule has 5 heteroatoms. The molecule has 0 aromatic carbocycles. The maximum atomic E-state index is 9.08. The van der Waals surface area contributed by atoms with Crippen LogP contribution in [0.2, 0.25) is 0 Å². The Bertz CT molecular complexity index is 234. The molecule has 0 radical (unpaired) electrons. The van der Waals surface area contributed by atoms with Gasteiger partial charge in [0, 0.05) is 44.2 Å². The Kier molecular flexibility index (Phi) is 5.38. The average Bonchev–Trinajstić information content (AvgIpc) is 3.08. The minimum atomic E-state index is 0.146. The van der Waals surface area contributed by atoms with Crippen molar-refractivity contribution < 1.29 is 14.9 Å². The van der Waals surface area contributed by atoms with E-state index in [1.807, 2.05) is 0 Å². The van der Waals surface area contributed by atoms with E-state index in [1.165, 1.54) is 12.8 Å². The predicted molar refractivity (Wildman–Crippen MR) is 69.5 cm³/mol. The molecular formula is C13H26N2O3. The zero-order valence-electron chi connectivity index (χ0n) is 11.1. The summed E-state index contributed by atoms with van der Waals surface area (Å²) in [6, 6.07) is 0.714. The van der Waals surface area contributed by atoms with Crippen LogP contribution in [0.15, 0.2) is 0 Å². The molecule has 2 aliphatic rings. The molecule has 1 unspecified atom stereocenters. The second-order valence-electron chi connectivity index (χ2n) is 5.68. The van der Waals surface area contributed by atoms with Gasteiger partial charge < -0.3 is 20.3 Å². The Morgan fingerprint density at radius 3 is 2.44 bits per heavy atom. The molecule has 1 aliphatic carbocycles. The highest BCUT2D eigenvalue weighted by Crippen LogP contribution is 2.30. The lowest BCUT2D eigenvalue weighted by Gasteiger charge is -2.34. The lowest BCUT2D eigenvalue weighted by molar-refractivity contribution is 0.0851. The molecule has 18 heavy (non-hydrogen) atoms. The Balaban J connectivity index is 1.85. The number of aliphatic hydroxyl groups is 2. The molecule has 1 heterocycles. The molecule has 1 aliphatic heterocycles. The van der Waals surface area contributed by atoms with Gasteiger partial charge in [0.2, 0.25) is 0 Å². The first-order valence-electron chi connectivity index (χ1n) is 7.03. The van der Waals surface area contributed by atoms with E-state index in [-0.39, 0.29) is 18.6 Å². The van der Waals surface area contributed by atoms with Crippen molar-refractivity contribution >= 4 is 0 Å². The first kappa shape index (κ1) is 14.2. The summed E-state index contributed by atoms with van der Waals surface area (Å²) in [5, 5.41) is 21.8.